The minimum absolute atomic E-state index is 0.0251. The molecule has 0 radical (unpaired) electrons. The lowest BCUT2D eigenvalue weighted by Crippen LogP contribution is -2.23. The fraction of sp³-hybridized carbons (Fsp3) is 0.182. The van der Waals surface area contributed by atoms with Gasteiger partial charge in [-0.1, -0.05) is 17.3 Å². The lowest BCUT2D eigenvalue weighted by molar-refractivity contribution is -0.0791. The van der Waals surface area contributed by atoms with Crippen molar-refractivity contribution >= 4 is 17.6 Å². The van der Waals surface area contributed by atoms with Gasteiger partial charge in [-0.2, -0.15) is 13.2 Å². The standard InChI is InChI=1S/C11H9F3N2O3/c1-6(16-19-10(15)11(12,13)14)7-3-2-4-8(5-7)9(17)18/h2-5,15H,1H3,(H,17,18)/b15-10?,16-6+. The number of nitrogens with one attached hydrogen (secondary N) is 1. The molecule has 1 aromatic carbocycles. The minimum atomic E-state index is -4.91. The van der Waals surface area contributed by atoms with Gasteiger partial charge >= 0.3 is 18.0 Å². The first-order chi connectivity index (χ1) is 8.71. The summed E-state index contributed by atoms with van der Waals surface area (Å²) in [6, 6.07) is 5.46. The number of hydrogen-bond acceptors (Lipinski definition) is 4. The third-order valence-electron chi connectivity index (χ3n) is 2.06. The number of benzene rings is 1. The van der Waals surface area contributed by atoms with Crippen LogP contribution in [-0.4, -0.2) is 28.9 Å². The maximum absolute atomic E-state index is 12.0. The van der Waals surface area contributed by atoms with Gasteiger partial charge in [-0.3, -0.25) is 5.41 Å². The van der Waals surface area contributed by atoms with Gasteiger partial charge in [0.05, 0.1) is 11.3 Å². The molecule has 0 saturated carbocycles. The van der Waals surface area contributed by atoms with Gasteiger partial charge < -0.3 is 9.94 Å². The molecule has 2 N–H and O–H groups in total. The van der Waals surface area contributed by atoms with E-state index in [1.165, 1.54) is 31.2 Å². The number of oxime groups is 1. The Hall–Kier alpha value is -2.38. The normalized spacial score (nSPS) is 12.1. The largest absolute Gasteiger partial charge is 0.478 e. The van der Waals surface area contributed by atoms with Crippen molar-refractivity contribution in [3.8, 4) is 0 Å². The van der Waals surface area contributed by atoms with E-state index in [2.05, 4.69) is 9.99 Å². The first-order valence-electron chi connectivity index (χ1n) is 4.93. The second kappa shape index (κ2) is 5.51. The Morgan fingerprint density at radius 1 is 1.37 bits per heavy atom. The quantitative estimate of drug-likeness (QED) is 0.505. The Morgan fingerprint density at radius 2 is 1.95 bits per heavy atom. The van der Waals surface area contributed by atoms with E-state index in [1.54, 1.807) is 0 Å². The first kappa shape index (κ1) is 14.7. The van der Waals surface area contributed by atoms with Crippen LogP contribution in [-0.2, 0) is 4.84 Å². The topological polar surface area (TPSA) is 82.7 Å². The van der Waals surface area contributed by atoms with Crippen LogP contribution in [0, 0.1) is 5.41 Å². The molecule has 0 spiro atoms. The van der Waals surface area contributed by atoms with Gasteiger partial charge in [-0.05, 0) is 24.6 Å². The van der Waals surface area contributed by atoms with Crippen LogP contribution in [0.2, 0.25) is 0 Å². The zero-order valence-corrected chi connectivity index (χ0v) is 9.65. The van der Waals surface area contributed by atoms with Crippen LogP contribution in [0.4, 0.5) is 13.2 Å². The molecule has 0 atom stereocenters. The Morgan fingerprint density at radius 3 is 2.47 bits per heavy atom. The molecule has 0 fully saturated rings. The Bertz CT molecular complexity index is 538. The van der Waals surface area contributed by atoms with Crippen LogP contribution in [0.1, 0.15) is 22.8 Å². The summed E-state index contributed by atoms with van der Waals surface area (Å²) >= 11 is 0. The van der Waals surface area contributed by atoms with E-state index in [0.717, 1.165) is 0 Å². The molecule has 0 aliphatic carbocycles. The predicted octanol–water partition coefficient (Wildman–Crippen LogP) is 2.66. The molecule has 0 aromatic heterocycles. The van der Waals surface area contributed by atoms with Gasteiger partial charge in [0, 0.05) is 0 Å². The van der Waals surface area contributed by atoms with Crippen molar-refractivity contribution in [1.82, 2.24) is 0 Å². The summed E-state index contributed by atoms with van der Waals surface area (Å²) in [7, 11) is 0. The van der Waals surface area contributed by atoms with E-state index < -0.39 is 18.0 Å². The minimum Gasteiger partial charge on any atom is -0.478 e. The number of halogens is 3. The van der Waals surface area contributed by atoms with Gasteiger partial charge in [0.1, 0.15) is 0 Å². The van der Waals surface area contributed by atoms with Gasteiger partial charge in [-0.15, -0.1) is 0 Å². The third-order valence-corrected chi connectivity index (χ3v) is 2.06. The van der Waals surface area contributed by atoms with Crippen molar-refractivity contribution in [1.29, 1.82) is 5.41 Å². The highest BCUT2D eigenvalue weighted by atomic mass is 19.4. The first-order valence-corrected chi connectivity index (χ1v) is 4.93. The van der Waals surface area contributed by atoms with Gasteiger partial charge in [-0.25, -0.2) is 4.79 Å². The van der Waals surface area contributed by atoms with E-state index in [4.69, 9.17) is 10.5 Å². The number of hydrogen-bond donors (Lipinski definition) is 2. The monoisotopic (exact) mass is 274 g/mol. The van der Waals surface area contributed by atoms with Crippen LogP contribution >= 0.6 is 0 Å². The smallest absolute Gasteiger partial charge is 0.470 e. The second-order valence-electron chi connectivity index (χ2n) is 3.48. The zero-order valence-electron chi connectivity index (χ0n) is 9.65. The number of carboxylic acid groups (broad SMARTS) is 1. The lowest BCUT2D eigenvalue weighted by Gasteiger charge is -2.06. The molecule has 5 nitrogen and oxygen atoms in total. The van der Waals surface area contributed by atoms with Crippen LogP contribution in [0.25, 0.3) is 0 Å². The molecule has 0 aliphatic heterocycles. The van der Waals surface area contributed by atoms with Gasteiger partial charge in [0.25, 0.3) is 0 Å². The van der Waals surface area contributed by atoms with Crippen LogP contribution in [0.3, 0.4) is 0 Å². The highest BCUT2D eigenvalue weighted by molar-refractivity contribution is 6.00. The molecule has 0 heterocycles. The number of carboxylic acids is 1. The molecule has 0 bridgehead atoms. The van der Waals surface area contributed by atoms with Gasteiger partial charge in [0.2, 0.25) is 0 Å². The predicted molar refractivity (Wildman–Crippen MR) is 60.5 cm³/mol. The van der Waals surface area contributed by atoms with Crippen molar-refractivity contribution in [3.05, 3.63) is 35.4 Å². The van der Waals surface area contributed by atoms with E-state index in [-0.39, 0.29) is 16.8 Å². The highest BCUT2D eigenvalue weighted by Crippen LogP contribution is 2.17. The summed E-state index contributed by atoms with van der Waals surface area (Å²) in [6.07, 6.45) is -4.91. The number of nitrogens with zero attached hydrogens (tertiary/aromatic N) is 1. The molecule has 0 aliphatic rings. The average Bonchev–Trinajstić information content (AvgIpc) is 2.34. The summed E-state index contributed by atoms with van der Waals surface area (Å²) in [5.41, 5.74) is 0.282. The van der Waals surface area contributed by atoms with Crippen molar-refractivity contribution in [2.45, 2.75) is 13.1 Å². The Kier molecular flexibility index (Phi) is 4.26. The zero-order chi connectivity index (χ0) is 14.6. The van der Waals surface area contributed by atoms with Gasteiger partial charge in [0.15, 0.2) is 0 Å². The maximum atomic E-state index is 12.0. The van der Waals surface area contributed by atoms with E-state index in [0.29, 0.717) is 0 Å². The molecule has 102 valence electrons. The average molecular weight is 274 g/mol. The van der Waals surface area contributed by atoms with Crippen LogP contribution < -0.4 is 0 Å². The van der Waals surface area contributed by atoms with Crippen LogP contribution in [0.5, 0.6) is 0 Å². The summed E-state index contributed by atoms with van der Waals surface area (Å²) in [5.74, 6) is -3.11. The number of alkyl halides is 3. The molecule has 19 heavy (non-hydrogen) atoms. The summed E-state index contributed by atoms with van der Waals surface area (Å²) in [6.45, 7) is 1.34. The van der Waals surface area contributed by atoms with E-state index in [9.17, 15) is 18.0 Å². The Balaban J connectivity index is 2.88. The van der Waals surface area contributed by atoms with Crippen molar-refractivity contribution in [3.63, 3.8) is 0 Å². The molecule has 1 aromatic rings. The molecule has 0 amide bonds. The fourth-order valence-electron chi connectivity index (χ4n) is 1.10. The SMILES string of the molecule is C/C(=N\OC(=N)C(F)(F)F)c1cccc(C(=O)O)c1. The lowest BCUT2D eigenvalue weighted by atomic mass is 10.1. The number of rotatable bonds is 3. The summed E-state index contributed by atoms with van der Waals surface area (Å²) in [4.78, 5) is 14.6. The van der Waals surface area contributed by atoms with E-state index in [1.807, 2.05) is 0 Å². The fourth-order valence-corrected chi connectivity index (χ4v) is 1.10. The highest BCUT2D eigenvalue weighted by Gasteiger charge is 2.37. The molecule has 8 heteroatoms. The molecule has 0 unspecified atom stereocenters. The third kappa shape index (κ3) is 4.09. The van der Waals surface area contributed by atoms with E-state index >= 15 is 0 Å². The van der Waals surface area contributed by atoms with Crippen molar-refractivity contribution < 1.29 is 27.9 Å². The number of aromatic carboxylic acids is 1. The summed E-state index contributed by atoms with van der Waals surface area (Å²) in [5, 5.41) is 18.5. The second-order valence-corrected chi connectivity index (χ2v) is 3.48. The number of carbonyl (C=O) groups is 1. The summed E-state index contributed by atoms with van der Waals surface area (Å²) < 4.78 is 35.9. The van der Waals surface area contributed by atoms with Crippen molar-refractivity contribution in [2.75, 3.05) is 0 Å². The molecule has 0 saturated heterocycles. The molecule has 1 rings (SSSR count). The van der Waals surface area contributed by atoms with Crippen LogP contribution in [0.15, 0.2) is 29.4 Å². The maximum Gasteiger partial charge on any atom is 0.470 e. The molecular formula is C11H9F3N2O3. The Labute approximate surface area is 105 Å². The van der Waals surface area contributed by atoms with Crippen molar-refractivity contribution in [2.24, 2.45) is 5.16 Å². The molecular weight excluding hydrogens is 265 g/mol.